The van der Waals surface area contributed by atoms with Gasteiger partial charge in [-0.3, -0.25) is 4.98 Å². The third-order valence-electron chi connectivity index (χ3n) is 5.61. The van der Waals surface area contributed by atoms with Crippen molar-refractivity contribution in [1.82, 2.24) is 15.2 Å². The minimum Gasteiger partial charge on any atom is -0.383 e. The third kappa shape index (κ3) is 7.10. The molecule has 3 aromatic rings. The summed E-state index contributed by atoms with van der Waals surface area (Å²) in [5, 5.41) is 3.50. The van der Waals surface area contributed by atoms with Gasteiger partial charge in [0.05, 0.1) is 6.04 Å². The maximum absolute atomic E-state index is 5.35. The molecule has 1 saturated heterocycles. The van der Waals surface area contributed by atoms with Crippen molar-refractivity contribution in [3.63, 3.8) is 0 Å². The summed E-state index contributed by atoms with van der Waals surface area (Å²) in [4.78, 5) is 6.79. The first kappa shape index (κ1) is 23.3. The van der Waals surface area contributed by atoms with Crippen LogP contribution in [0.3, 0.4) is 0 Å². The maximum atomic E-state index is 5.35. The van der Waals surface area contributed by atoms with Crippen molar-refractivity contribution in [2.45, 2.75) is 38.4 Å². The molecule has 0 amide bonds. The number of rotatable bonds is 8. The molecule has 2 aromatic carbocycles. The molecule has 4 nitrogen and oxygen atoms in total. The second-order valence-corrected chi connectivity index (χ2v) is 7.97. The van der Waals surface area contributed by atoms with E-state index in [4.69, 9.17) is 5.73 Å². The van der Waals surface area contributed by atoms with Crippen LogP contribution in [0.5, 0.6) is 0 Å². The van der Waals surface area contributed by atoms with E-state index in [0.29, 0.717) is 12.6 Å². The van der Waals surface area contributed by atoms with Gasteiger partial charge in [0.15, 0.2) is 0 Å². The molecule has 2 heterocycles. The molecule has 1 aromatic heterocycles. The standard InChI is InChI=1S/C21H25N3.C7H9N/c1-17(15-20-11-6-7-13-22-20)24-14-8-12-21(24)18(2)23-16-19-9-4-3-5-10-19;8-6-7-4-2-1-3-5-7/h3-7,9-11,13,21,23H,1-2,8,12,14-16H2;1-5H,6,8H2. The lowest BCUT2D eigenvalue weighted by Gasteiger charge is -2.30. The van der Waals surface area contributed by atoms with Gasteiger partial charge in [0.2, 0.25) is 0 Å². The van der Waals surface area contributed by atoms with Crippen molar-refractivity contribution < 1.29 is 0 Å². The number of hydrogen-bond acceptors (Lipinski definition) is 4. The highest BCUT2D eigenvalue weighted by atomic mass is 15.2. The quantitative estimate of drug-likeness (QED) is 0.529. The lowest BCUT2D eigenvalue weighted by atomic mass is 10.1. The average molecular weight is 427 g/mol. The minimum atomic E-state index is 0.324. The lowest BCUT2D eigenvalue weighted by Crippen LogP contribution is -2.35. The molecule has 3 N–H and O–H groups in total. The first-order valence-corrected chi connectivity index (χ1v) is 11.2. The Hall–Kier alpha value is -3.37. The molecular weight excluding hydrogens is 392 g/mol. The number of benzene rings is 2. The van der Waals surface area contributed by atoms with Gasteiger partial charge in [0.1, 0.15) is 0 Å². The number of pyridine rings is 1. The molecule has 1 aliphatic rings. The molecule has 1 unspecified atom stereocenters. The van der Waals surface area contributed by atoms with E-state index >= 15 is 0 Å². The fourth-order valence-electron chi connectivity index (χ4n) is 3.86. The smallest absolute Gasteiger partial charge is 0.0680 e. The summed E-state index contributed by atoms with van der Waals surface area (Å²) in [5.74, 6) is 0. The van der Waals surface area contributed by atoms with Gasteiger partial charge in [-0.25, -0.2) is 0 Å². The van der Waals surface area contributed by atoms with Crippen LogP contribution in [0.1, 0.15) is 29.7 Å². The first-order chi connectivity index (χ1) is 15.7. The zero-order valence-corrected chi connectivity index (χ0v) is 18.8. The normalized spacial score (nSPS) is 14.9. The van der Waals surface area contributed by atoms with Crippen molar-refractivity contribution in [3.05, 3.63) is 126 Å². The van der Waals surface area contributed by atoms with Crippen molar-refractivity contribution in [3.8, 4) is 0 Å². The highest BCUT2D eigenvalue weighted by molar-refractivity contribution is 5.20. The van der Waals surface area contributed by atoms with Crippen LogP contribution >= 0.6 is 0 Å². The first-order valence-electron chi connectivity index (χ1n) is 11.2. The number of nitrogens with zero attached hydrogens (tertiary/aromatic N) is 2. The van der Waals surface area contributed by atoms with Crippen LogP contribution in [0.15, 0.2) is 110 Å². The highest BCUT2D eigenvalue weighted by Crippen LogP contribution is 2.26. The van der Waals surface area contributed by atoms with Crippen LogP contribution in [0.25, 0.3) is 0 Å². The molecule has 166 valence electrons. The summed E-state index contributed by atoms with van der Waals surface area (Å²) in [6.45, 7) is 11.1. The molecule has 0 radical (unpaired) electrons. The van der Waals surface area contributed by atoms with Crippen LogP contribution < -0.4 is 11.1 Å². The molecule has 1 fully saturated rings. The van der Waals surface area contributed by atoms with Gasteiger partial charge in [-0.05, 0) is 36.1 Å². The summed E-state index contributed by atoms with van der Waals surface area (Å²) >= 11 is 0. The summed E-state index contributed by atoms with van der Waals surface area (Å²) in [7, 11) is 0. The van der Waals surface area contributed by atoms with Crippen LogP contribution in [0, 0.1) is 0 Å². The highest BCUT2D eigenvalue weighted by Gasteiger charge is 2.27. The van der Waals surface area contributed by atoms with Gasteiger partial charge in [0.25, 0.3) is 0 Å². The Morgan fingerprint density at radius 3 is 2.19 bits per heavy atom. The van der Waals surface area contributed by atoms with Gasteiger partial charge in [0, 0.05) is 49.3 Å². The summed E-state index contributed by atoms with van der Waals surface area (Å²) in [6.07, 6.45) is 4.94. The van der Waals surface area contributed by atoms with Gasteiger partial charge in [-0.15, -0.1) is 0 Å². The second kappa shape index (κ2) is 12.5. The molecule has 0 spiro atoms. The van der Waals surface area contributed by atoms with E-state index in [1.165, 1.54) is 17.5 Å². The third-order valence-corrected chi connectivity index (χ3v) is 5.61. The largest absolute Gasteiger partial charge is 0.383 e. The van der Waals surface area contributed by atoms with Crippen LogP contribution in [0.4, 0.5) is 0 Å². The minimum absolute atomic E-state index is 0.324. The summed E-state index contributed by atoms with van der Waals surface area (Å²) < 4.78 is 0. The Labute approximate surface area is 192 Å². The molecule has 4 rings (SSSR count). The van der Waals surface area contributed by atoms with E-state index in [1.54, 1.807) is 0 Å². The van der Waals surface area contributed by atoms with Gasteiger partial charge in [-0.1, -0.05) is 79.9 Å². The SMILES string of the molecule is C=C(NCc1ccccc1)C1CCCN1C(=C)Cc1ccccn1.NCc1ccccc1. The Kier molecular flexibility index (Phi) is 9.08. The van der Waals surface area contributed by atoms with Crippen molar-refractivity contribution in [2.24, 2.45) is 5.73 Å². The second-order valence-electron chi connectivity index (χ2n) is 7.97. The monoisotopic (exact) mass is 426 g/mol. The predicted molar refractivity (Wildman–Crippen MR) is 134 cm³/mol. The maximum Gasteiger partial charge on any atom is 0.0680 e. The zero-order chi connectivity index (χ0) is 22.6. The zero-order valence-electron chi connectivity index (χ0n) is 18.8. The Morgan fingerprint density at radius 2 is 1.59 bits per heavy atom. The number of aromatic nitrogens is 1. The van der Waals surface area contributed by atoms with Gasteiger partial charge < -0.3 is 16.0 Å². The van der Waals surface area contributed by atoms with E-state index in [1.807, 2.05) is 54.7 Å². The number of likely N-dealkylation sites (tertiary alicyclic amines) is 1. The Bertz CT molecular complexity index is 954. The van der Waals surface area contributed by atoms with Crippen molar-refractivity contribution >= 4 is 0 Å². The van der Waals surface area contributed by atoms with E-state index in [9.17, 15) is 0 Å². The van der Waals surface area contributed by atoms with E-state index in [0.717, 1.165) is 43.0 Å². The number of nitrogens with one attached hydrogen (secondary N) is 1. The lowest BCUT2D eigenvalue weighted by molar-refractivity contribution is 0.337. The summed E-state index contributed by atoms with van der Waals surface area (Å²) in [5.41, 5.74) is 11.1. The van der Waals surface area contributed by atoms with E-state index in [-0.39, 0.29) is 0 Å². The molecule has 1 aliphatic heterocycles. The number of hydrogen-bond donors (Lipinski definition) is 2. The molecule has 0 aliphatic carbocycles. The molecule has 32 heavy (non-hydrogen) atoms. The fraction of sp³-hybridized carbons (Fsp3) is 0.250. The average Bonchev–Trinajstić information content (AvgIpc) is 3.35. The fourth-order valence-corrected chi connectivity index (χ4v) is 3.86. The molecule has 0 bridgehead atoms. The van der Waals surface area contributed by atoms with Crippen molar-refractivity contribution in [2.75, 3.05) is 6.54 Å². The molecular formula is C28H34N4. The van der Waals surface area contributed by atoms with Crippen molar-refractivity contribution in [1.29, 1.82) is 0 Å². The van der Waals surface area contributed by atoms with E-state index < -0.39 is 0 Å². The van der Waals surface area contributed by atoms with Crippen LogP contribution in [-0.4, -0.2) is 22.5 Å². The van der Waals surface area contributed by atoms with Crippen LogP contribution in [0.2, 0.25) is 0 Å². The van der Waals surface area contributed by atoms with Gasteiger partial charge >= 0.3 is 0 Å². The van der Waals surface area contributed by atoms with Gasteiger partial charge in [-0.2, -0.15) is 0 Å². The van der Waals surface area contributed by atoms with E-state index in [2.05, 4.69) is 58.7 Å². The van der Waals surface area contributed by atoms with Crippen LogP contribution in [-0.2, 0) is 19.5 Å². The predicted octanol–water partition coefficient (Wildman–Crippen LogP) is 5.05. The summed E-state index contributed by atoms with van der Waals surface area (Å²) in [6, 6.07) is 26.8. The topological polar surface area (TPSA) is 54.2 Å². The number of nitrogens with two attached hydrogens (primary N) is 1. The number of allylic oxidation sites excluding steroid dienone is 1. The Balaban J connectivity index is 0.000000305. The molecule has 4 heteroatoms. The molecule has 0 saturated carbocycles. The molecule has 1 atom stereocenters. The Morgan fingerprint density at radius 1 is 0.938 bits per heavy atom.